The highest BCUT2D eigenvalue weighted by Crippen LogP contribution is 2.44. The lowest BCUT2D eigenvalue weighted by Gasteiger charge is -2.16. The first-order valence-electron chi connectivity index (χ1n) is 5.88. The molecule has 0 spiro atoms. The first kappa shape index (κ1) is 13.4. The molecule has 104 valence electrons. The molecule has 1 aliphatic rings. The Morgan fingerprint density at radius 2 is 2.40 bits per heavy atom. The second-order valence-electron chi connectivity index (χ2n) is 4.33. The van der Waals surface area contributed by atoms with E-state index in [0.717, 1.165) is 0 Å². The maximum atomic E-state index is 9.30. The van der Waals surface area contributed by atoms with Crippen LogP contribution in [0, 0.1) is 0 Å². The predicted molar refractivity (Wildman–Crippen MR) is 75.4 cm³/mol. The van der Waals surface area contributed by atoms with Crippen LogP contribution in [0.4, 0.5) is 0 Å². The van der Waals surface area contributed by atoms with Crippen molar-refractivity contribution in [3.8, 4) is 0 Å². The van der Waals surface area contributed by atoms with Crippen molar-refractivity contribution in [3.05, 3.63) is 28.3 Å². The number of halogens is 1. The van der Waals surface area contributed by atoms with Gasteiger partial charge in [0.15, 0.2) is 10.8 Å². The molecule has 3 heterocycles. The summed E-state index contributed by atoms with van der Waals surface area (Å²) in [4.78, 5) is 15.2. The highest BCUT2D eigenvalue weighted by molar-refractivity contribution is 8.00. The molecule has 0 radical (unpaired) electrons. The Hall–Kier alpha value is -1.54. The fourth-order valence-corrected chi connectivity index (χ4v) is 3.88. The summed E-state index contributed by atoms with van der Waals surface area (Å²) < 4.78 is 1.82. The van der Waals surface area contributed by atoms with Gasteiger partial charge in [-0.3, -0.25) is 0 Å². The smallest absolute Gasteiger partial charge is 0.165 e. The molecular weight excluding hydrogens is 302 g/mol. The van der Waals surface area contributed by atoms with Crippen LogP contribution in [0.15, 0.2) is 17.8 Å². The minimum absolute atomic E-state index is 0.0326. The molecule has 1 aliphatic heterocycles. The summed E-state index contributed by atoms with van der Waals surface area (Å²) in [5.41, 5.74) is 9.79. The molecule has 0 aromatic carbocycles. The third kappa shape index (κ3) is 2.18. The Balaban J connectivity index is 2.05. The second kappa shape index (κ2) is 5.45. The standard InChI is InChI=1S/C10H10ClN7OS/c11-8-7-9(14-3-13-8)18(4-15-7)10-6(16-17-12)1-5(2-19)20-10/h3-6,10,19H,1-2H2/t5-,6+,10-/m1/s1. The molecule has 1 saturated heterocycles. The number of hydrogen-bond acceptors (Lipinski definition) is 6. The van der Waals surface area contributed by atoms with E-state index in [1.165, 1.54) is 6.33 Å². The molecular formula is C10H10ClN7OS. The fourth-order valence-electron chi connectivity index (χ4n) is 2.28. The van der Waals surface area contributed by atoms with Crippen molar-refractivity contribution in [2.45, 2.75) is 23.1 Å². The van der Waals surface area contributed by atoms with Gasteiger partial charge in [0.2, 0.25) is 0 Å². The molecule has 8 nitrogen and oxygen atoms in total. The molecule has 1 fully saturated rings. The molecule has 3 atom stereocenters. The lowest BCUT2D eigenvalue weighted by atomic mass is 10.2. The van der Waals surface area contributed by atoms with Gasteiger partial charge in [-0.05, 0) is 12.0 Å². The molecule has 20 heavy (non-hydrogen) atoms. The highest BCUT2D eigenvalue weighted by Gasteiger charge is 2.36. The van der Waals surface area contributed by atoms with E-state index in [4.69, 9.17) is 17.1 Å². The topological polar surface area (TPSA) is 113 Å². The SMILES string of the molecule is [N-]=[N+]=N[C@H]1C[C@H](CO)S[C@H]1n1cnc2c(Cl)ncnc21. The first-order chi connectivity index (χ1) is 9.74. The molecule has 2 aromatic heterocycles. The van der Waals surface area contributed by atoms with Gasteiger partial charge in [-0.15, -0.1) is 11.8 Å². The van der Waals surface area contributed by atoms with E-state index in [9.17, 15) is 5.11 Å². The van der Waals surface area contributed by atoms with E-state index in [-0.39, 0.29) is 28.4 Å². The van der Waals surface area contributed by atoms with Gasteiger partial charge in [0, 0.05) is 10.2 Å². The Morgan fingerprint density at radius 1 is 1.55 bits per heavy atom. The van der Waals surface area contributed by atoms with Crippen molar-refractivity contribution >= 4 is 34.5 Å². The molecule has 0 amide bonds. The summed E-state index contributed by atoms with van der Waals surface area (Å²) in [5, 5.41) is 13.3. The largest absolute Gasteiger partial charge is 0.395 e. The number of aromatic nitrogens is 4. The van der Waals surface area contributed by atoms with Crippen LogP contribution in [0.2, 0.25) is 5.15 Å². The second-order valence-corrected chi connectivity index (χ2v) is 6.11. The van der Waals surface area contributed by atoms with Crippen LogP contribution < -0.4 is 0 Å². The van der Waals surface area contributed by atoms with E-state index in [1.807, 2.05) is 4.57 Å². The molecule has 0 unspecified atom stereocenters. The van der Waals surface area contributed by atoms with E-state index >= 15 is 0 Å². The molecule has 0 bridgehead atoms. The lowest BCUT2D eigenvalue weighted by Crippen LogP contribution is -2.14. The number of rotatable bonds is 3. The summed E-state index contributed by atoms with van der Waals surface area (Å²) in [6.07, 6.45) is 3.60. The minimum atomic E-state index is -0.256. The zero-order valence-electron chi connectivity index (χ0n) is 10.2. The Bertz CT molecular complexity index is 685. The third-order valence-electron chi connectivity index (χ3n) is 3.16. The number of azide groups is 1. The maximum absolute atomic E-state index is 9.30. The van der Waals surface area contributed by atoms with Crippen molar-refractivity contribution in [1.82, 2.24) is 19.5 Å². The molecule has 2 aromatic rings. The van der Waals surface area contributed by atoms with E-state index in [0.29, 0.717) is 17.6 Å². The van der Waals surface area contributed by atoms with Crippen LogP contribution in [-0.4, -0.2) is 42.5 Å². The van der Waals surface area contributed by atoms with Crippen molar-refractivity contribution < 1.29 is 5.11 Å². The van der Waals surface area contributed by atoms with Gasteiger partial charge in [-0.2, -0.15) is 0 Å². The molecule has 0 saturated carbocycles. The number of imidazole rings is 1. The zero-order chi connectivity index (χ0) is 14.1. The average molecular weight is 312 g/mol. The Morgan fingerprint density at radius 3 is 3.15 bits per heavy atom. The van der Waals surface area contributed by atoms with Crippen LogP contribution in [-0.2, 0) is 0 Å². The van der Waals surface area contributed by atoms with Crippen LogP contribution in [0.3, 0.4) is 0 Å². The van der Waals surface area contributed by atoms with Gasteiger partial charge in [0.05, 0.1) is 24.3 Å². The Labute approximate surface area is 122 Å². The molecule has 0 aliphatic carbocycles. The maximum Gasteiger partial charge on any atom is 0.165 e. The molecule has 1 N–H and O–H groups in total. The number of thioether (sulfide) groups is 1. The quantitative estimate of drug-likeness (QED) is 0.404. The van der Waals surface area contributed by atoms with E-state index < -0.39 is 0 Å². The summed E-state index contributed by atoms with van der Waals surface area (Å²) in [7, 11) is 0. The fraction of sp³-hybridized carbons (Fsp3) is 0.500. The van der Waals surface area contributed by atoms with Crippen molar-refractivity contribution in [2.24, 2.45) is 5.11 Å². The van der Waals surface area contributed by atoms with Gasteiger partial charge in [0.25, 0.3) is 0 Å². The number of hydrogen-bond donors (Lipinski definition) is 1. The van der Waals surface area contributed by atoms with E-state index in [2.05, 4.69) is 25.0 Å². The zero-order valence-corrected chi connectivity index (χ0v) is 11.7. The van der Waals surface area contributed by atoms with Crippen LogP contribution >= 0.6 is 23.4 Å². The first-order valence-corrected chi connectivity index (χ1v) is 7.20. The van der Waals surface area contributed by atoms with Crippen LogP contribution in [0.5, 0.6) is 0 Å². The van der Waals surface area contributed by atoms with Gasteiger partial charge in [0.1, 0.15) is 11.8 Å². The van der Waals surface area contributed by atoms with Crippen LogP contribution in [0.1, 0.15) is 11.8 Å². The summed E-state index contributed by atoms with van der Waals surface area (Å²) in [5.74, 6) is 0. The molecule has 10 heteroatoms. The minimum Gasteiger partial charge on any atom is -0.395 e. The molecule has 3 rings (SSSR count). The van der Waals surface area contributed by atoms with Crippen molar-refractivity contribution in [2.75, 3.05) is 6.61 Å². The predicted octanol–water partition coefficient (Wildman–Crippen LogP) is 2.15. The highest BCUT2D eigenvalue weighted by atomic mass is 35.5. The average Bonchev–Trinajstić information content (AvgIpc) is 3.03. The van der Waals surface area contributed by atoms with Crippen LogP contribution in [0.25, 0.3) is 21.6 Å². The normalized spacial score (nSPS) is 25.8. The summed E-state index contributed by atoms with van der Waals surface area (Å²) in [6.45, 7) is 0.0426. The lowest BCUT2D eigenvalue weighted by molar-refractivity contribution is 0.289. The summed E-state index contributed by atoms with van der Waals surface area (Å²) >= 11 is 7.52. The van der Waals surface area contributed by atoms with Gasteiger partial charge in [-0.25, -0.2) is 15.0 Å². The van der Waals surface area contributed by atoms with Crippen molar-refractivity contribution in [3.63, 3.8) is 0 Å². The summed E-state index contributed by atoms with van der Waals surface area (Å²) in [6, 6.07) is -0.256. The van der Waals surface area contributed by atoms with Gasteiger partial charge < -0.3 is 9.67 Å². The van der Waals surface area contributed by atoms with E-state index in [1.54, 1.807) is 18.1 Å². The number of nitrogens with zero attached hydrogens (tertiary/aromatic N) is 7. The number of fused-ring (bicyclic) bond motifs is 1. The van der Waals surface area contributed by atoms with Gasteiger partial charge in [-0.1, -0.05) is 16.7 Å². The monoisotopic (exact) mass is 311 g/mol. The van der Waals surface area contributed by atoms with Gasteiger partial charge >= 0.3 is 0 Å². The number of aliphatic hydroxyl groups excluding tert-OH is 1. The third-order valence-corrected chi connectivity index (χ3v) is 4.98. The van der Waals surface area contributed by atoms with Crippen molar-refractivity contribution in [1.29, 1.82) is 0 Å². The number of aliphatic hydroxyl groups is 1. The Kier molecular flexibility index (Phi) is 3.66.